The number of hydrogen-bond acceptors (Lipinski definition) is 5. The van der Waals surface area contributed by atoms with E-state index in [2.05, 4.69) is 4.98 Å². The molecule has 0 saturated carbocycles. The van der Waals surface area contributed by atoms with Gasteiger partial charge in [-0.2, -0.15) is 13.2 Å². The van der Waals surface area contributed by atoms with Gasteiger partial charge in [-0.15, -0.1) is 0 Å². The van der Waals surface area contributed by atoms with Crippen molar-refractivity contribution in [1.82, 2.24) is 4.98 Å². The molecule has 1 aliphatic heterocycles. The molecule has 1 fully saturated rings. The van der Waals surface area contributed by atoms with Crippen LogP contribution in [0.5, 0.6) is 5.75 Å². The van der Waals surface area contributed by atoms with Crippen LogP contribution < -0.4 is 9.64 Å². The summed E-state index contributed by atoms with van der Waals surface area (Å²) in [6.45, 7) is 0.844. The summed E-state index contributed by atoms with van der Waals surface area (Å²) in [4.78, 5) is 18.4. The van der Waals surface area contributed by atoms with Gasteiger partial charge in [0.25, 0.3) is 0 Å². The molecule has 0 radical (unpaired) electrons. The summed E-state index contributed by atoms with van der Waals surface area (Å²) in [7, 11) is 1.49. The Morgan fingerprint density at radius 1 is 1.03 bits per heavy atom. The first-order chi connectivity index (χ1) is 14.8. The highest BCUT2D eigenvalue weighted by Crippen LogP contribution is 2.43. The number of nitrogens with zero attached hydrogens (tertiary/aromatic N) is 2. The third kappa shape index (κ3) is 4.69. The van der Waals surface area contributed by atoms with Gasteiger partial charge in [0.05, 0.1) is 24.1 Å². The minimum absolute atomic E-state index is 0.0974. The Morgan fingerprint density at radius 3 is 2.52 bits per heavy atom. The van der Waals surface area contributed by atoms with E-state index in [9.17, 15) is 18.0 Å². The first-order valence-electron chi connectivity index (χ1n) is 9.60. The van der Waals surface area contributed by atoms with Crippen LogP contribution in [0.2, 0.25) is 0 Å². The number of carbonyl (C=O) groups is 1. The van der Waals surface area contributed by atoms with Gasteiger partial charge in [-0.1, -0.05) is 30.0 Å². The summed E-state index contributed by atoms with van der Waals surface area (Å²) >= 11 is 1.02. The number of para-hydroxylation sites is 1. The van der Waals surface area contributed by atoms with E-state index in [1.54, 1.807) is 48.7 Å². The van der Waals surface area contributed by atoms with Gasteiger partial charge in [0, 0.05) is 24.1 Å². The molecule has 8 heteroatoms. The summed E-state index contributed by atoms with van der Waals surface area (Å²) < 4.78 is 47.0. The zero-order chi connectivity index (χ0) is 22.0. The number of ether oxygens (including phenoxy) is 1. The lowest BCUT2D eigenvalue weighted by Gasteiger charge is -2.18. The quantitative estimate of drug-likeness (QED) is 0.505. The number of pyridine rings is 1. The van der Waals surface area contributed by atoms with Crippen LogP contribution >= 0.6 is 11.8 Å². The van der Waals surface area contributed by atoms with Gasteiger partial charge >= 0.3 is 6.18 Å². The number of alkyl halides is 3. The molecule has 0 aliphatic carbocycles. The maximum Gasteiger partial charge on any atom is 0.417 e. The van der Waals surface area contributed by atoms with Crippen molar-refractivity contribution in [3.8, 4) is 16.9 Å². The topological polar surface area (TPSA) is 42.4 Å². The smallest absolute Gasteiger partial charge is 0.417 e. The Bertz CT molecular complexity index is 1120. The van der Waals surface area contributed by atoms with E-state index in [0.717, 1.165) is 17.8 Å². The molecule has 3 aromatic rings. The number of anilines is 1. The lowest BCUT2D eigenvalue weighted by molar-refractivity contribution is -0.139. The van der Waals surface area contributed by atoms with Gasteiger partial charge in [-0.3, -0.25) is 4.79 Å². The van der Waals surface area contributed by atoms with E-state index in [0.29, 0.717) is 40.6 Å². The van der Waals surface area contributed by atoms with Crippen molar-refractivity contribution < 1.29 is 22.7 Å². The second kappa shape index (κ2) is 8.63. The number of carbonyl (C=O) groups excluding carboxylic acids is 1. The lowest BCUT2D eigenvalue weighted by atomic mass is 10.0. The van der Waals surface area contributed by atoms with Crippen molar-refractivity contribution >= 4 is 23.4 Å². The van der Waals surface area contributed by atoms with E-state index >= 15 is 0 Å². The number of hydrogen-bond donors (Lipinski definition) is 0. The Kier molecular flexibility index (Phi) is 5.91. The normalized spacial score (nSPS) is 14.2. The van der Waals surface area contributed by atoms with Crippen LogP contribution in [0.15, 0.2) is 70.6 Å². The molecule has 0 bridgehead atoms. The highest BCUT2D eigenvalue weighted by molar-refractivity contribution is 7.99. The van der Waals surface area contributed by atoms with Gasteiger partial charge < -0.3 is 9.64 Å². The largest absolute Gasteiger partial charge is 0.496 e. The predicted molar refractivity (Wildman–Crippen MR) is 114 cm³/mol. The first kappa shape index (κ1) is 21.2. The van der Waals surface area contributed by atoms with Crippen LogP contribution in [0.4, 0.5) is 19.0 Å². The minimum atomic E-state index is -4.52. The number of aromatic nitrogens is 1. The van der Waals surface area contributed by atoms with Crippen molar-refractivity contribution in [2.75, 3.05) is 25.1 Å². The Hall–Kier alpha value is -3.00. The number of Topliss-reactive ketones (excluding diaryl/α,β-unsaturated/α-hetero) is 1. The van der Waals surface area contributed by atoms with Crippen LogP contribution in [0.3, 0.4) is 0 Å². The molecule has 4 rings (SSSR count). The maximum absolute atomic E-state index is 13.9. The summed E-state index contributed by atoms with van der Waals surface area (Å²) in [6, 6.07) is 14.7. The fourth-order valence-electron chi connectivity index (χ4n) is 3.44. The molecule has 0 N–H and O–H groups in total. The molecular weight excluding hydrogens is 425 g/mol. The fourth-order valence-corrected chi connectivity index (χ4v) is 4.49. The standard InChI is InChI=1S/C23H19F3N2O2S/c1-30-19-4-2-3-5-21(19)31-20-7-6-15(12-18(20)23(24,25)26)16-8-10-27-22(13-16)28-11-9-17(29)14-28/h2-8,10,12-13H,9,11,14H2,1H3. The number of methoxy groups -OCH3 is 1. The number of rotatable bonds is 5. The first-order valence-corrected chi connectivity index (χ1v) is 10.4. The molecule has 4 nitrogen and oxygen atoms in total. The minimum Gasteiger partial charge on any atom is -0.496 e. The van der Waals surface area contributed by atoms with E-state index < -0.39 is 11.7 Å². The van der Waals surface area contributed by atoms with Crippen molar-refractivity contribution in [2.24, 2.45) is 0 Å². The fraction of sp³-hybridized carbons (Fsp3) is 0.217. The number of halogens is 3. The average molecular weight is 444 g/mol. The van der Waals surface area contributed by atoms with Gasteiger partial charge in [-0.05, 0) is 47.5 Å². The Labute approximate surface area is 182 Å². The molecule has 0 amide bonds. The summed E-state index contributed by atoms with van der Waals surface area (Å²) in [5.74, 6) is 1.23. The highest BCUT2D eigenvalue weighted by atomic mass is 32.2. The number of ketones is 1. The molecule has 2 heterocycles. The van der Waals surface area contributed by atoms with Gasteiger partial charge in [-0.25, -0.2) is 4.98 Å². The second-order valence-electron chi connectivity index (χ2n) is 7.07. The van der Waals surface area contributed by atoms with Crippen LogP contribution in [0.1, 0.15) is 12.0 Å². The summed E-state index contributed by atoms with van der Waals surface area (Å²) in [5.41, 5.74) is 0.338. The predicted octanol–water partition coefficient (Wildman–Crippen LogP) is 5.71. The molecule has 1 aliphatic rings. The molecule has 0 unspecified atom stereocenters. The monoisotopic (exact) mass is 444 g/mol. The van der Waals surface area contributed by atoms with E-state index in [4.69, 9.17) is 4.74 Å². The highest BCUT2D eigenvalue weighted by Gasteiger charge is 2.34. The second-order valence-corrected chi connectivity index (χ2v) is 8.16. The molecule has 1 aromatic heterocycles. The van der Waals surface area contributed by atoms with E-state index in [-0.39, 0.29) is 17.2 Å². The van der Waals surface area contributed by atoms with Crippen LogP contribution in [0, 0.1) is 0 Å². The van der Waals surface area contributed by atoms with Crippen molar-refractivity contribution in [3.63, 3.8) is 0 Å². The Balaban J connectivity index is 1.70. The van der Waals surface area contributed by atoms with Crippen molar-refractivity contribution in [3.05, 3.63) is 66.4 Å². The average Bonchev–Trinajstić information content (AvgIpc) is 3.20. The van der Waals surface area contributed by atoms with Crippen LogP contribution in [-0.2, 0) is 11.0 Å². The number of benzene rings is 2. The lowest BCUT2D eigenvalue weighted by Crippen LogP contribution is -2.20. The molecule has 1 saturated heterocycles. The zero-order valence-corrected chi connectivity index (χ0v) is 17.5. The van der Waals surface area contributed by atoms with Gasteiger partial charge in [0.2, 0.25) is 0 Å². The summed E-state index contributed by atoms with van der Waals surface area (Å²) in [6.07, 6.45) is -2.51. The maximum atomic E-state index is 13.9. The molecule has 160 valence electrons. The zero-order valence-electron chi connectivity index (χ0n) is 16.6. The Morgan fingerprint density at radius 2 is 1.81 bits per heavy atom. The van der Waals surface area contributed by atoms with Crippen molar-refractivity contribution in [1.29, 1.82) is 0 Å². The van der Waals surface area contributed by atoms with Crippen molar-refractivity contribution in [2.45, 2.75) is 22.4 Å². The van der Waals surface area contributed by atoms with Gasteiger partial charge in [0.1, 0.15) is 11.6 Å². The third-order valence-corrected chi connectivity index (χ3v) is 6.14. The molecule has 0 atom stereocenters. The van der Waals surface area contributed by atoms with E-state index in [1.807, 2.05) is 4.90 Å². The molecule has 2 aromatic carbocycles. The van der Waals surface area contributed by atoms with Crippen LogP contribution in [-0.4, -0.2) is 31.0 Å². The molecule has 0 spiro atoms. The SMILES string of the molecule is COc1ccccc1Sc1ccc(-c2ccnc(N3CCC(=O)C3)c2)cc1C(F)(F)F. The van der Waals surface area contributed by atoms with E-state index in [1.165, 1.54) is 13.2 Å². The molecular formula is C23H19F3N2O2S. The van der Waals surface area contributed by atoms with Gasteiger partial charge in [0.15, 0.2) is 5.78 Å². The third-order valence-electron chi connectivity index (χ3n) is 5.00. The molecule has 31 heavy (non-hydrogen) atoms. The summed E-state index contributed by atoms with van der Waals surface area (Å²) in [5, 5.41) is 0. The van der Waals surface area contributed by atoms with Crippen LogP contribution in [0.25, 0.3) is 11.1 Å².